The van der Waals surface area contributed by atoms with Crippen molar-refractivity contribution in [2.75, 3.05) is 26.7 Å². The fraction of sp³-hybridized carbons (Fsp3) is 0.579. The third-order valence-electron chi connectivity index (χ3n) is 4.65. The molecule has 0 atom stereocenters. The zero-order valence-electron chi connectivity index (χ0n) is 14.3. The highest BCUT2D eigenvalue weighted by molar-refractivity contribution is 6.34. The second-order valence-electron chi connectivity index (χ2n) is 6.51. The number of rotatable bonds is 5. The second kappa shape index (κ2) is 8.70. The minimum absolute atomic E-state index is 0.332. The van der Waals surface area contributed by atoms with E-state index in [0.29, 0.717) is 25.6 Å². The molecule has 0 radical (unpaired) electrons. The molecule has 2 rings (SSSR count). The quantitative estimate of drug-likeness (QED) is 0.784. The summed E-state index contributed by atoms with van der Waals surface area (Å²) >= 11 is 0. The maximum atomic E-state index is 12.3. The number of nitrogens with zero attached hydrogens (tertiary/aromatic N) is 2. The van der Waals surface area contributed by atoms with Gasteiger partial charge in [-0.25, -0.2) is 0 Å². The smallest absolute Gasteiger partial charge is 0.312 e. The van der Waals surface area contributed by atoms with Gasteiger partial charge in [0.2, 0.25) is 0 Å². The summed E-state index contributed by atoms with van der Waals surface area (Å²) < 4.78 is 0. The average Bonchev–Trinajstić information content (AvgIpc) is 2.60. The van der Waals surface area contributed by atoms with Gasteiger partial charge in [0.1, 0.15) is 0 Å². The molecule has 0 aliphatic carbocycles. The summed E-state index contributed by atoms with van der Waals surface area (Å²) in [6.07, 6.45) is 4.98. The van der Waals surface area contributed by atoms with Crippen LogP contribution in [0, 0.1) is 5.92 Å². The number of hydrogen-bond acceptors (Lipinski definition) is 2. The first kappa shape index (κ1) is 17.5. The van der Waals surface area contributed by atoms with Gasteiger partial charge >= 0.3 is 11.8 Å². The van der Waals surface area contributed by atoms with Gasteiger partial charge in [-0.05, 0) is 37.2 Å². The van der Waals surface area contributed by atoms with Crippen molar-refractivity contribution in [2.24, 2.45) is 5.92 Å². The molecule has 23 heavy (non-hydrogen) atoms. The third kappa shape index (κ3) is 5.08. The van der Waals surface area contributed by atoms with Gasteiger partial charge in [-0.1, -0.05) is 43.7 Å². The molecule has 0 saturated carbocycles. The van der Waals surface area contributed by atoms with Crippen LogP contribution < -0.4 is 0 Å². The highest BCUT2D eigenvalue weighted by Gasteiger charge is 2.28. The summed E-state index contributed by atoms with van der Waals surface area (Å²) in [4.78, 5) is 27.7. The van der Waals surface area contributed by atoms with Gasteiger partial charge in [0.25, 0.3) is 0 Å². The van der Waals surface area contributed by atoms with Gasteiger partial charge in [-0.15, -0.1) is 0 Å². The van der Waals surface area contributed by atoms with Crippen LogP contribution in [-0.2, 0) is 16.0 Å². The Hall–Kier alpha value is -1.84. The van der Waals surface area contributed by atoms with E-state index in [-0.39, 0.29) is 11.8 Å². The fourth-order valence-electron chi connectivity index (χ4n) is 3.08. The van der Waals surface area contributed by atoms with E-state index in [0.717, 1.165) is 32.1 Å². The second-order valence-corrected chi connectivity index (χ2v) is 6.51. The van der Waals surface area contributed by atoms with Crippen LogP contribution in [0.25, 0.3) is 0 Å². The zero-order chi connectivity index (χ0) is 16.7. The largest absolute Gasteiger partial charge is 0.338 e. The van der Waals surface area contributed by atoms with Crippen LogP contribution in [0.5, 0.6) is 0 Å². The lowest BCUT2D eigenvalue weighted by molar-refractivity contribution is -0.151. The molecule has 4 nitrogen and oxygen atoms in total. The SMILES string of the molecule is CCCCN(C)C(=O)C(=O)N1CCC(Cc2ccccc2)CC1. The van der Waals surface area contributed by atoms with Crippen molar-refractivity contribution < 1.29 is 9.59 Å². The van der Waals surface area contributed by atoms with E-state index < -0.39 is 0 Å². The van der Waals surface area contributed by atoms with Crippen molar-refractivity contribution in [2.45, 2.75) is 39.0 Å². The molecule has 0 bridgehead atoms. The standard InChI is InChI=1S/C19H28N2O2/c1-3-4-12-20(2)18(22)19(23)21-13-10-17(11-14-21)15-16-8-6-5-7-9-16/h5-9,17H,3-4,10-15H2,1-2H3. The van der Waals surface area contributed by atoms with Gasteiger partial charge < -0.3 is 9.80 Å². The van der Waals surface area contributed by atoms with Gasteiger partial charge in [0.05, 0.1) is 0 Å². The van der Waals surface area contributed by atoms with Crippen molar-refractivity contribution in [1.29, 1.82) is 0 Å². The number of piperidine rings is 1. The summed E-state index contributed by atoms with van der Waals surface area (Å²) in [6, 6.07) is 10.5. The van der Waals surface area contributed by atoms with Crippen LogP contribution in [0.4, 0.5) is 0 Å². The van der Waals surface area contributed by atoms with Crippen molar-refractivity contribution in [3.63, 3.8) is 0 Å². The van der Waals surface area contributed by atoms with Crippen molar-refractivity contribution in [3.8, 4) is 0 Å². The number of likely N-dealkylation sites (N-methyl/N-ethyl adjacent to an activating group) is 1. The van der Waals surface area contributed by atoms with Crippen LogP contribution >= 0.6 is 0 Å². The van der Waals surface area contributed by atoms with E-state index in [2.05, 4.69) is 31.2 Å². The van der Waals surface area contributed by atoms with Crippen LogP contribution in [0.1, 0.15) is 38.2 Å². The zero-order valence-corrected chi connectivity index (χ0v) is 14.3. The monoisotopic (exact) mass is 316 g/mol. The Morgan fingerprint density at radius 1 is 1.17 bits per heavy atom. The molecule has 1 heterocycles. The number of unbranched alkanes of at least 4 members (excludes halogenated alkanes) is 1. The van der Waals surface area contributed by atoms with Crippen LogP contribution in [0.3, 0.4) is 0 Å². The molecule has 0 aromatic heterocycles. The number of likely N-dealkylation sites (tertiary alicyclic amines) is 1. The fourth-order valence-corrected chi connectivity index (χ4v) is 3.08. The maximum Gasteiger partial charge on any atom is 0.312 e. The van der Waals surface area contributed by atoms with E-state index in [1.165, 1.54) is 5.56 Å². The normalized spacial score (nSPS) is 15.5. The topological polar surface area (TPSA) is 40.6 Å². The van der Waals surface area contributed by atoms with Crippen molar-refractivity contribution in [3.05, 3.63) is 35.9 Å². The summed E-state index contributed by atoms with van der Waals surface area (Å²) in [5.41, 5.74) is 1.35. The summed E-state index contributed by atoms with van der Waals surface area (Å²) in [5.74, 6) is -0.0869. The highest BCUT2D eigenvalue weighted by Crippen LogP contribution is 2.21. The van der Waals surface area contributed by atoms with Crippen molar-refractivity contribution in [1.82, 2.24) is 9.80 Å². The maximum absolute atomic E-state index is 12.3. The molecule has 1 aliphatic heterocycles. The summed E-state index contributed by atoms with van der Waals surface area (Å²) in [6.45, 7) is 4.14. The molecular formula is C19H28N2O2. The van der Waals surface area contributed by atoms with Crippen LogP contribution in [-0.4, -0.2) is 48.3 Å². The first-order valence-corrected chi connectivity index (χ1v) is 8.70. The number of carbonyl (C=O) groups is 2. The minimum Gasteiger partial charge on any atom is -0.338 e. The molecule has 2 amide bonds. The molecule has 126 valence electrons. The van der Waals surface area contributed by atoms with Gasteiger partial charge in [-0.2, -0.15) is 0 Å². The predicted molar refractivity (Wildman–Crippen MR) is 92.0 cm³/mol. The lowest BCUT2D eigenvalue weighted by Crippen LogP contribution is -2.47. The van der Waals surface area contributed by atoms with Crippen molar-refractivity contribution >= 4 is 11.8 Å². The van der Waals surface area contributed by atoms with Gasteiger partial charge in [0.15, 0.2) is 0 Å². The molecule has 1 fully saturated rings. The summed E-state index contributed by atoms with van der Waals surface area (Å²) in [5, 5.41) is 0. The lowest BCUT2D eigenvalue weighted by Gasteiger charge is -2.32. The van der Waals surface area contributed by atoms with E-state index in [1.54, 1.807) is 16.8 Å². The molecule has 1 aromatic rings. The predicted octanol–water partition coefficient (Wildman–Crippen LogP) is 2.73. The molecule has 1 saturated heterocycles. The Bertz CT molecular complexity index is 507. The van der Waals surface area contributed by atoms with Crippen LogP contribution in [0.2, 0.25) is 0 Å². The average molecular weight is 316 g/mol. The minimum atomic E-state index is -0.361. The Balaban J connectivity index is 1.79. The van der Waals surface area contributed by atoms with E-state index in [9.17, 15) is 9.59 Å². The molecule has 0 N–H and O–H groups in total. The lowest BCUT2D eigenvalue weighted by atomic mass is 9.90. The molecular weight excluding hydrogens is 288 g/mol. The first-order valence-electron chi connectivity index (χ1n) is 8.70. The Morgan fingerprint density at radius 3 is 2.43 bits per heavy atom. The van der Waals surface area contributed by atoms with Crippen LogP contribution in [0.15, 0.2) is 30.3 Å². The Kier molecular flexibility index (Phi) is 6.63. The Labute approximate surface area is 139 Å². The Morgan fingerprint density at radius 2 is 1.83 bits per heavy atom. The van der Waals surface area contributed by atoms with Gasteiger partial charge in [-0.3, -0.25) is 9.59 Å². The van der Waals surface area contributed by atoms with Gasteiger partial charge in [0, 0.05) is 26.7 Å². The number of hydrogen-bond donors (Lipinski definition) is 0. The number of carbonyl (C=O) groups excluding carboxylic acids is 2. The molecule has 0 unspecified atom stereocenters. The van der Waals surface area contributed by atoms with E-state index in [4.69, 9.17) is 0 Å². The molecule has 0 spiro atoms. The summed E-state index contributed by atoms with van der Waals surface area (Å²) in [7, 11) is 1.72. The first-order chi connectivity index (χ1) is 11.1. The highest BCUT2D eigenvalue weighted by atomic mass is 16.2. The molecule has 4 heteroatoms. The van der Waals surface area contributed by atoms with E-state index >= 15 is 0 Å². The number of amides is 2. The molecule has 1 aromatic carbocycles. The number of benzene rings is 1. The molecule has 1 aliphatic rings. The van der Waals surface area contributed by atoms with E-state index in [1.807, 2.05) is 6.07 Å². The third-order valence-corrected chi connectivity index (χ3v) is 4.65.